The molecule has 2 aliphatic carbocycles. The van der Waals surface area contributed by atoms with Crippen LogP contribution in [-0.4, -0.2) is 36.8 Å². The van der Waals surface area contributed by atoms with Crippen LogP contribution in [0, 0.1) is 11.8 Å². The van der Waals surface area contributed by atoms with E-state index in [1.165, 1.54) is 19.3 Å². The van der Waals surface area contributed by atoms with Crippen LogP contribution in [0.5, 0.6) is 5.75 Å². The third-order valence-corrected chi connectivity index (χ3v) is 5.49. The fraction of sp³-hybridized carbons (Fsp3) is 0.579. The van der Waals surface area contributed by atoms with Crippen LogP contribution < -0.4 is 4.74 Å². The van der Waals surface area contributed by atoms with E-state index in [0.717, 1.165) is 29.2 Å². The number of aliphatic hydroxyl groups is 1. The topological polar surface area (TPSA) is 57.2 Å². The van der Waals surface area contributed by atoms with Gasteiger partial charge >= 0.3 is 0 Å². The first-order valence-corrected chi connectivity index (χ1v) is 8.71. The summed E-state index contributed by atoms with van der Waals surface area (Å²) in [6.45, 7) is 4.91. The molecule has 130 valence electrons. The molecule has 1 heterocycles. The second-order valence-electron chi connectivity index (χ2n) is 6.99. The molecule has 2 saturated carbocycles. The van der Waals surface area contributed by atoms with E-state index in [2.05, 4.69) is 6.58 Å². The molecule has 4 rings (SSSR count). The molecule has 1 aliphatic heterocycles. The summed E-state index contributed by atoms with van der Waals surface area (Å²) in [6, 6.07) is 7.58. The van der Waals surface area contributed by atoms with Gasteiger partial charge in [0.25, 0.3) is 0 Å². The summed E-state index contributed by atoms with van der Waals surface area (Å²) in [5.74, 6) is 1.41. The molecule has 24 heavy (non-hydrogen) atoms. The van der Waals surface area contributed by atoms with E-state index in [4.69, 9.17) is 24.4 Å². The fourth-order valence-corrected chi connectivity index (χ4v) is 4.19. The molecule has 0 aromatic heterocycles. The van der Waals surface area contributed by atoms with Crippen molar-refractivity contribution in [2.75, 3.05) is 19.8 Å². The third kappa shape index (κ3) is 2.86. The Labute approximate surface area is 142 Å². The first-order valence-electron chi connectivity index (χ1n) is 8.71. The Kier molecular flexibility index (Phi) is 4.35. The van der Waals surface area contributed by atoms with E-state index < -0.39 is 5.79 Å². The molecule has 1 aromatic rings. The molecular formula is C19H24O5. The summed E-state index contributed by atoms with van der Waals surface area (Å²) in [5, 5.41) is 8.78. The van der Waals surface area contributed by atoms with Gasteiger partial charge < -0.3 is 14.6 Å². The molecule has 0 amide bonds. The average Bonchev–Trinajstić information content (AvgIpc) is 3.22. The predicted molar refractivity (Wildman–Crippen MR) is 88.1 cm³/mol. The SMILES string of the molecule is C=C(c1ccc(OCCO)cc1)C1COC2(CC3CCC2C3)OO1. The maximum atomic E-state index is 8.78. The molecule has 3 fully saturated rings. The first kappa shape index (κ1) is 16.1. The van der Waals surface area contributed by atoms with Crippen molar-refractivity contribution in [1.82, 2.24) is 0 Å². The van der Waals surface area contributed by atoms with Gasteiger partial charge in [-0.1, -0.05) is 18.7 Å². The summed E-state index contributed by atoms with van der Waals surface area (Å²) < 4.78 is 11.5. The summed E-state index contributed by atoms with van der Waals surface area (Å²) in [5.41, 5.74) is 1.80. The second-order valence-corrected chi connectivity index (χ2v) is 6.99. The lowest BCUT2D eigenvalue weighted by Crippen LogP contribution is -2.48. The van der Waals surface area contributed by atoms with Gasteiger partial charge in [-0.2, -0.15) is 0 Å². The fourth-order valence-electron chi connectivity index (χ4n) is 4.19. The standard InChI is InChI=1S/C19H24O5/c1-13(15-3-6-17(7-4-15)21-9-8-20)18-12-22-19(24-23-18)11-14-2-5-16(19)10-14/h3-4,6-7,14,16,18,20H,1-2,5,8-12H2. The molecule has 5 heteroatoms. The van der Waals surface area contributed by atoms with Crippen molar-refractivity contribution in [3.63, 3.8) is 0 Å². The number of hydrogen-bond acceptors (Lipinski definition) is 5. The maximum Gasteiger partial charge on any atom is 0.204 e. The van der Waals surface area contributed by atoms with Gasteiger partial charge in [-0.25, -0.2) is 9.78 Å². The van der Waals surface area contributed by atoms with E-state index in [0.29, 0.717) is 12.5 Å². The number of hydrogen-bond donors (Lipinski definition) is 1. The van der Waals surface area contributed by atoms with Crippen LogP contribution in [0.3, 0.4) is 0 Å². The lowest BCUT2D eigenvalue weighted by atomic mass is 9.93. The summed E-state index contributed by atoms with van der Waals surface area (Å²) >= 11 is 0. The zero-order valence-corrected chi connectivity index (χ0v) is 13.8. The predicted octanol–water partition coefficient (Wildman–Crippen LogP) is 2.93. The Hall–Kier alpha value is -1.40. The van der Waals surface area contributed by atoms with Crippen molar-refractivity contribution in [3.05, 3.63) is 36.4 Å². The first-order chi connectivity index (χ1) is 11.7. The normalized spacial score (nSPS) is 34.6. The summed E-state index contributed by atoms with van der Waals surface area (Å²) in [7, 11) is 0. The quantitative estimate of drug-likeness (QED) is 0.840. The Morgan fingerprint density at radius 3 is 2.71 bits per heavy atom. The average molecular weight is 332 g/mol. The molecule has 1 spiro atoms. The molecule has 4 unspecified atom stereocenters. The lowest BCUT2D eigenvalue weighted by Gasteiger charge is -2.41. The van der Waals surface area contributed by atoms with Crippen molar-refractivity contribution in [3.8, 4) is 5.75 Å². The zero-order valence-electron chi connectivity index (χ0n) is 13.8. The second kappa shape index (κ2) is 6.48. The Morgan fingerprint density at radius 1 is 1.29 bits per heavy atom. The largest absolute Gasteiger partial charge is 0.491 e. The van der Waals surface area contributed by atoms with Gasteiger partial charge in [0.05, 0.1) is 13.2 Å². The van der Waals surface area contributed by atoms with E-state index >= 15 is 0 Å². The van der Waals surface area contributed by atoms with E-state index in [-0.39, 0.29) is 19.3 Å². The minimum Gasteiger partial charge on any atom is -0.491 e. The highest BCUT2D eigenvalue weighted by atomic mass is 17.2. The van der Waals surface area contributed by atoms with Crippen LogP contribution in [-0.2, 0) is 14.5 Å². The number of benzene rings is 1. The van der Waals surface area contributed by atoms with Crippen molar-refractivity contribution >= 4 is 5.57 Å². The number of aliphatic hydroxyl groups excluding tert-OH is 1. The zero-order chi connectivity index (χ0) is 16.6. The van der Waals surface area contributed by atoms with Gasteiger partial charge in [0, 0.05) is 12.3 Å². The van der Waals surface area contributed by atoms with Gasteiger partial charge in [-0.3, -0.25) is 0 Å². The van der Waals surface area contributed by atoms with Crippen LogP contribution in [0.1, 0.15) is 31.2 Å². The highest BCUT2D eigenvalue weighted by molar-refractivity contribution is 5.67. The Morgan fingerprint density at radius 2 is 2.12 bits per heavy atom. The third-order valence-electron chi connectivity index (χ3n) is 5.49. The highest BCUT2D eigenvalue weighted by Gasteiger charge is 2.56. The van der Waals surface area contributed by atoms with Crippen molar-refractivity contribution in [1.29, 1.82) is 0 Å². The van der Waals surface area contributed by atoms with Crippen LogP contribution in [0.4, 0.5) is 0 Å². The summed E-state index contributed by atoms with van der Waals surface area (Å²) in [4.78, 5) is 11.4. The number of ether oxygens (including phenoxy) is 2. The van der Waals surface area contributed by atoms with E-state index in [9.17, 15) is 0 Å². The molecule has 1 N–H and O–H groups in total. The molecular weight excluding hydrogens is 308 g/mol. The van der Waals surface area contributed by atoms with Gasteiger partial charge in [0.1, 0.15) is 18.5 Å². The molecule has 3 aliphatic rings. The summed E-state index contributed by atoms with van der Waals surface area (Å²) in [6.07, 6.45) is 4.33. The smallest absolute Gasteiger partial charge is 0.204 e. The van der Waals surface area contributed by atoms with Gasteiger partial charge in [-0.05, 0) is 48.4 Å². The van der Waals surface area contributed by atoms with Gasteiger partial charge in [0.15, 0.2) is 0 Å². The van der Waals surface area contributed by atoms with E-state index in [1.54, 1.807) is 0 Å². The molecule has 0 radical (unpaired) electrons. The van der Waals surface area contributed by atoms with Crippen LogP contribution in [0.25, 0.3) is 5.57 Å². The number of fused-ring (bicyclic) bond motifs is 3. The van der Waals surface area contributed by atoms with Crippen molar-refractivity contribution < 1.29 is 24.4 Å². The van der Waals surface area contributed by atoms with Crippen LogP contribution in [0.2, 0.25) is 0 Å². The molecule has 4 atom stereocenters. The molecule has 5 nitrogen and oxygen atoms in total. The maximum absolute atomic E-state index is 8.78. The van der Waals surface area contributed by atoms with Gasteiger partial charge in [0.2, 0.25) is 5.79 Å². The highest BCUT2D eigenvalue weighted by Crippen LogP contribution is 2.54. The van der Waals surface area contributed by atoms with Crippen LogP contribution in [0.15, 0.2) is 30.8 Å². The Bertz CT molecular complexity index is 588. The minimum atomic E-state index is -0.512. The van der Waals surface area contributed by atoms with Gasteiger partial charge in [-0.15, -0.1) is 0 Å². The monoisotopic (exact) mass is 332 g/mol. The molecule has 1 saturated heterocycles. The minimum absolute atomic E-state index is 0.00263. The van der Waals surface area contributed by atoms with E-state index in [1.807, 2.05) is 24.3 Å². The molecule has 2 bridgehead atoms. The molecule has 1 aromatic carbocycles. The van der Waals surface area contributed by atoms with Crippen molar-refractivity contribution in [2.24, 2.45) is 11.8 Å². The lowest BCUT2D eigenvalue weighted by molar-refractivity contribution is -0.488. The Balaban J connectivity index is 1.36. The number of rotatable bonds is 5. The van der Waals surface area contributed by atoms with Crippen LogP contribution >= 0.6 is 0 Å². The van der Waals surface area contributed by atoms with Crippen molar-refractivity contribution in [2.45, 2.75) is 37.6 Å².